The van der Waals surface area contributed by atoms with Crippen molar-refractivity contribution in [2.24, 2.45) is 0 Å². The normalized spacial score (nSPS) is 12.9. The van der Waals surface area contributed by atoms with E-state index in [9.17, 15) is 0 Å². The smallest absolute Gasteiger partial charge is 0.0948 e. The number of aromatic nitrogens is 2. The van der Waals surface area contributed by atoms with Gasteiger partial charge in [0.05, 0.1) is 18.6 Å². The fraction of sp³-hybridized carbons (Fsp3) is 0.750. The van der Waals surface area contributed by atoms with E-state index in [0.717, 1.165) is 32.7 Å². The first kappa shape index (κ1) is 13.2. The summed E-state index contributed by atoms with van der Waals surface area (Å²) >= 11 is 0. The van der Waals surface area contributed by atoms with Crippen molar-refractivity contribution in [3.63, 3.8) is 0 Å². The molecule has 1 N–H and O–H groups in total. The lowest BCUT2D eigenvalue weighted by atomic mass is 10.3. The molecule has 1 aromatic heterocycles. The lowest BCUT2D eigenvalue weighted by Gasteiger charge is -2.14. The summed E-state index contributed by atoms with van der Waals surface area (Å²) in [6.07, 6.45) is 4.96. The SMILES string of the molecule is CCCn1cncc1CNC(C)COCC. The van der Waals surface area contributed by atoms with Crippen molar-refractivity contribution >= 4 is 0 Å². The second kappa shape index (κ2) is 7.41. The third kappa shape index (κ3) is 4.33. The number of nitrogens with one attached hydrogen (secondary N) is 1. The van der Waals surface area contributed by atoms with Crippen molar-refractivity contribution in [1.29, 1.82) is 0 Å². The van der Waals surface area contributed by atoms with Gasteiger partial charge < -0.3 is 14.6 Å². The molecule has 0 aromatic carbocycles. The van der Waals surface area contributed by atoms with E-state index < -0.39 is 0 Å². The molecule has 0 amide bonds. The predicted octanol–water partition coefficient (Wildman–Crippen LogP) is 1.81. The number of hydrogen-bond donors (Lipinski definition) is 1. The first-order chi connectivity index (χ1) is 7.77. The van der Waals surface area contributed by atoms with Crippen LogP contribution in [0.1, 0.15) is 32.9 Å². The van der Waals surface area contributed by atoms with E-state index in [1.165, 1.54) is 5.69 Å². The fourth-order valence-corrected chi connectivity index (χ4v) is 1.57. The van der Waals surface area contributed by atoms with Gasteiger partial charge in [-0.25, -0.2) is 4.98 Å². The summed E-state index contributed by atoms with van der Waals surface area (Å²) in [7, 11) is 0. The van der Waals surface area contributed by atoms with Crippen LogP contribution in [0.3, 0.4) is 0 Å². The molecule has 0 radical (unpaired) electrons. The average Bonchev–Trinajstić information content (AvgIpc) is 2.72. The van der Waals surface area contributed by atoms with Gasteiger partial charge in [-0.2, -0.15) is 0 Å². The minimum atomic E-state index is 0.380. The van der Waals surface area contributed by atoms with E-state index in [1.54, 1.807) is 0 Å². The van der Waals surface area contributed by atoms with Crippen molar-refractivity contribution < 1.29 is 4.74 Å². The van der Waals surface area contributed by atoms with E-state index in [0.29, 0.717) is 6.04 Å². The summed E-state index contributed by atoms with van der Waals surface area (Å²) in [4.78, 5) is 4.17. The fourth-order valence-electron chi connectivity index (χ4n) is 1.57. The lowest BCUT2D eigenvalue weighted by molar-refractivity contribution is 0.127. The minimum absolute atomic E-state index is 0.380. The molecule has 1 atom stereocenters. The minimum Gasteiger partial charge on any atom is -0.380 e. The van der Waals surface area contributed by atoms with Crippen LogP contribution in [0.4, 0.5) is 0 Å². The van der Waals surface area contributed by atoms with Crippen molar-refractivity contribution in [3.8, 4) is 0 Å². The Morgan fingerprint density at radius 3 is 3.00 bits per heavy atom. The molecule has 1 rings (SSSR count). The van der Waals surface area contributed by atoms with Crippen LogP contribution >= 0.6 is 0 Å². The summed E-state index contributed by atoms with van der Waals surface area (Å²) in [5.41, 5.74) is 1.24. The zero-order valence-electron chi connectivity index (χ0n) is 10.6. The predicted molar refractivity (Wildman–Crippen MR) is 65.3 cm³/mol. The lowest BCUT2D eigenvalue weighted by Crippen LogP contribution is -2.30. The molecule has 0 saturated carbocycles. The van der Waals surface area contributed by atoms with E-state index in [-0.39, 0.29) is 0 Å². The van der Waals surface area contributed by atoms with Crippen LogP contribution in [0.5, 0.6) is 0 Å². The van der Waals surface area contributed by atoms with Crippen molar-refractivity contribution in [2.75, 3.05) is 13.2 Å². The molecule has 0 bridgehead atoms. The second-order valence-corrected chi connectivity index (χ2v) is 4.02. The highest BCUT2D eigenvalue weighted by molar-refractivity contribution is 4.98. The molecule has 1 aromatic rings. The molecule has 0 aliphatic heterocycles. The van der Waals surface area contributed by atoms with Crippen molar-refractivity contribution in [2.45, 2.75) is 46.3 Å². The number of aryl methyl sites for hydroxylation is 1. The van der Waals surface area contributed by atoms with E-state index in [4.69, 9.17) is 4.74 Å². The van der Waals surface area contributed by atoms with Gasteiger partial charge in [-0.3, -0.25) is 0 Å². The van der Waals surface area contributed by atoms with Gasteiger partial charge in [-0.1, -0.05) is 6.92 Å². The standard InChI is InChI=1S/C12H23N3O/c1-4-6-15-10-13-7-12(15)8-14-11(3)9-16-5-2/h7,10-11,14H,4-6,8-9H2,1-3H3. The highest BCUT2D eigenvalue weighted by Gasteiger charge is 2.04. The monoisotopic (exact) mass is 225 g/mol. The van der Waals surface area contributed by atoms with E-state index in [2.05, 4.69) is 28.7 Å². The molecule has 0 spiro atoms. The van der Waals surface area contributed by atoms with Gasteiger partial charge in [0.15, 0.2) is 0 Å². The van der Waals surface area contributed by atoms with Crippen LogP contribution in [0, 0.1) is 0 Å². The van der Waals surface area contributed by atoms with Crippen LogP contribution in [0.2, 0.25) is 0 Å². The maximum Gasteiger partial charge on any atom is 0.0948 e. The number of nitrogens with zero attached hydrogens (tertiary/aromatic N) is 2. The molecule has 4 nitrogen and oxygen atoms in total. The largest absolute Gasteiger partial charge is 0.380 e. The zero-order chi connectivity index (χ0) is 11.8. The zero-order valence-corrected chi connectivity index (χ0v) is 10.6. The number of rotatable bonds is 8. The summed E-state index contributed by atoms with van der Waals surface area (Å²) in [5, 5.41) is 3.43. The van der Waals surface area contributed by atoms with Gasteiger partial charge in [0.1, 0.15) is 0 Å². The highest BCUT2D eigenvalue weighted by atomic mass is 16.5. The Morgan fingerprint density at radius 1 is 1.50 bits per heavy atom. The second-order valence-electron chi connectivity index (χ2n) is 4.02. The summed E-state index contributed by atoms with van der Waals surface area (Å²) in [6, 6.07) is 0.380. The van der Waals surface area contributed by atoms with Crippen LogP contribution in [0.15, 0.2) is 12.5 Å². The quantitative estimate of drug-likeness (QED) is 0.733. The van der Waals surface area contributed by atoms with Crippen LogP contribution in [-0.2, 0) is 17.8 Å². The summed E-state index contributed by atoms with van der Waals surface area (Å²) < 4.78 is 7.55. The van der Waals surface area contributed by atoms with Gasteiger partial charge in [0.25, 0.3) is 0 Å². The molecular weight excluding hydrogens is 202 g/mol. The maximum absolute atomic E-state index is 5.36. The molecule has 0 fully saturated rings. The molecule has 1 heterocycles. The van der Waals surface area contributed by atoms with Gasteiger partial charge in [-0.15, -0.1) is 0 Å². The van der Waals surface area contributed by atoms with Crippen molar-refractivity contribution in [3.05, 3.63) is 18.2 Å². The third-order valence-corrected chi connectivity index (χ3v) is 2.47. The van der Waals surface area contributed by atoms with Gasteiger partial charge in [0.2, 0.25) is 0 Å². The molecule has 16 heavy (non-hydrogen) atoms. The van der Waals surface area contributed by atoms with Gasteiger partial charge >= 0.3 is 0 Å². The summed E-state index contributed by atoms with van der Waals surface area (Å²) in [6.45, 7) is 9.76. The Bertz CT molecular complexity index is 286. The van der Waals surface area contributed by atoms with Crippen LogP contribution in [0.25, 0.3) is 0 Å². The molecular formula is C12H23N3O. The number of hydrogen-bond acceptors (Lipinski definition) is 3. The maximum atomic E-state index is 5.36. The Morgan fingerprint density at radius 2 is 2.31 bits per heavy atom. The van der Waals surface area contributed by atoms with E-state index >= 15 is 0 Å². The average molecular weight is 225 g/mol. The number of ether oxygens (including phenoxy) is 1. The van der Waals surface area contributed by atoms with E-state index in [1.807, 2.05) is 19.4 Å². The first-order valence-electron chi connectivity index (χ1n) is 6.08. The molecule has 1 unspecified atom stereocenters. The Hall–Kier alpha value is -0.870. The van der Waals surface area contributed by atoms with Crippen molar-refractivity contribution in [1.82, 2.24) is 14.9 Å². The molecule has 4 heteroatoms. The molecule has 92 valence electrons. The summed E-state index contributed by atoms with van der Waals surface area (Å²) in [5.74, 6) is 0. The van der Waals surface area contributed by atoms with Crippen LogP contribution < -0.4 is 5.32 Å². The van der Waals surface area contributed by atoms with Crippen LogP contribution in [-0.4, -0.2) is 28.8 Å². The molecule has 0 aliphatic rings. The highest BCUT2D eigenvalue weighted by Crippen LogP contribution is 2.01. The van der Waals surface area contributed by atoms with Gasteiger partial charge in [0, 0.05) is 31.9 Å². The number of imidazole rings is 1. The Labute approximate surface area is 98.0 Å². The Balaban J connectivity index is 2.32. The third-order valence-electron chi connectivity index (χ3n) is 2.47. The first-order valence-corrected chi connectivity index (χ1v) is 6.08. The Kier molecular flexibility index (Phi) is 6.11. The molecule has 0 aliphatic carbocycles. The topological polar surface area (TPSA) is 39.1 Å². The molecule has 0 saturated heterocycles. The van der Waals surface area contributed by atoms with Gasteiger partial charge in [-0.05, 0) is 20.3 Å².